The number of nitrogens with one attached hydrogen (secondary N) is 2. The number of methoxy groups -OCH3 is 1. The van der Waals surface area contributed by atoms with E-state index in [2.05, 4.69) is 30.3 Å². The summed E-state index contributed by atoms with van der Waals surface area (Å²) in [7, 11) is 1.65. The molecule has 0 unspecified atom stereocenters. The summed E-state index contributed by atoms with van der Waals surface area (Å²) in [6.07, 6.45) is 3.21. The van der Waals surface area contributed by atoms with E-state index < -0.39 is 0 Å². The third-order valence-corrected chi connectivity index (χ3v) is 6.24. The summed E-state index contributed by atoms with van der Waals surface area (Å²) in [5, 5.41) is 12.3. The standard InChI is InChI=1S/C21H16Cl2N6OS/c1-24-18-17(14-4-3-13(22)10-15(14)23)20(21-27-11-28-29-21)31-19(18)12-5-6-25-16(9-12)26-7-8-30-2/h3-6,9-11H,7-8H2,2H3,(H,25,26)(H,27,28,29). The van der Waals surface area contributed by atoms with E-state index >= 15 is 0 Å². The zero-order valence-electron chi connectivity index (χ0n) is 16.3. The molecule has 0 amide bonds. The quantitative estimate of drug-likeness (QED) is 0.249. The van der Waals surface area contributed by atoms with Crippen LogP contribution in [-0.4, -0.2) is 40.4 Å². The lowest BCUT2D eigenvalue weighted by Gasteiger charge is -2.08. The maximum absolute atomic E-state index is 7.93. The first kappa shape index (κ1) is 21.3. The van der Waals surface area contributed by atoms with Crippen molar-refractivity contribution in [3.8, 4) is 32.3 Å². The molecule has 1 aromatic carbocycles. The van der Waals surface area contributed by atoms with Gasteiger partial charge in [0.05, 0.1) is 18.1 Å². The normalized spacial score (nSPS) is 10.8. The largest absolute Gasteiger partial charge is 0.383 e. The Bertz CT molecular complexity index is 1250. The van der Waals surface area contributed by atoms with Gasteiger partial charge in [0.15, 0.2) is 5.82 Å². The minimum absolute atomic E-state index is 0.458. The van der Waals surface area contributed by atoms with Crippen molar-refractivity contribution in [1.29, 1.82) is 0 Å². The average Bonchev–Trinajstić information content (AvgIpc) is 3.42. The molecule has 0 saturated carbocycles. The highest BCUT2D eigenvalue weighted by Crippen LogP contribution is 2.53. The van der Waals surface area contributed by atoms with Crippen LogP contribution in [-0.2, 0) is 4.74 Å². The Labute approximate surface area is 192 Å². The fourth-order valence-corrected chi connectivity index (χ4v) is 4.80. The second kappa shape index (κ2) is 9.45. The minimum Gasteiger partial charge on any atom is -0.383 e. The lowest BCUT2D eigenvalue weighted by Crippen LogP contribution is -2.08. The number of anilines is 1. The van der Waals surface area contributed by atoms with Crippen molar-refractivity contribution in [2.75, 3.05) is 25.6 Å². The van der Waals surface area contributed by atoms with Gasteiger partial charge >= 0.3 is 0 Å². The number of halogens is 2. The van der Waals surface area contributed by atoms with Crippen LogP contribution in [0.3, 0.4) is 0 Å². The summed E-state index contributed by atoms with van der Waals surface area (Å²) in [5.41, 5.74) is 2.75. The molecule has 0 spiro atoms. The highest BCUT2D eigenvalue weighted by molar-refractivity contribution is 7.20. The van der Waals surface area contributed by atoms with E-state index in [4.69, 9.17) is 34.5 Å². The number of hydrogen-bond acceptors (Lipinski definition) is 6. The number of nitrogens with zero attached hydrogens (tertiary/aromatic N) is 4. The molecule has 0 saturated heterocycles. The maximum atomic E-state index is 7.93. The van der Waals surface area contributed by atoms with Gasteiger partial charge in [0, 0.05) is 40.3 Å². The van der Waals surface area contributed by atoms with Crippen LogP contribution < -0.4 is 5.32 Å². The number of aromatic amines is 1. The predicted molar refractivity (Wildman–Crippen MR) is 125 cm³/mol. The minimum atomic E-state index is 0.458. The lowest BCUT2D eigenvalue weighted by molar-refractivity contribution is 0.210. The van der Waals surface area contributed by atoms with E-state index in [9.17, 15) is 0 Å². The van der Waals surface area contributed by atoms with Gasteiger partial charge in [0.25, 0.3) is 0 Å². The van der Waals surface area contributed by atoms with Crippen LogP contribution in [0.25, 0.3) is 37.1 Å². The summed E-state index contributed by atoms with van der Waals surface area (Å²) >= 11 is 14.1. The Kier molecular flexibility index (Phi) is 6.49. The van der Waals surface area contributed by atoms with Crippen molar-refractivity contribution >= 4 is 46.0 Å². The van der Waals surface area contributed by atoms with Crippen LogP contribution in [0.4, 0.5) is 11.5 Å². The van der Waals surface area contributed by atoms with Crippen molar-refractivity contribution in [2.45, 2.75) is 0 Å². The van der Waals surface area contributed by atoms with Gasteiger partial charge in [-0.2, -0.15) is 0 Å². The molecule has 2 N–H and O–H groups in total. The number of hydrogen-bond donors (Lipinski definition) is 2. The number of ether oxygens (including phenoxy) is 1. The van der Waals surface area contributed by atoms with Gasteiger partial charge in [0.1, 0.15) is 12.1 Å². The molecule has 3 aromatic heterocycles. The zero-order valence-corrected chi connectivity index (χ0v) is 18.6. The van der Waals surface area contributed by atoms with Crippen molar-refractivity contribution in [1.82, 2.24) is 20.2 Å². The molecule has 0 radical (unpaired) electrons. The number of rotatable bonds is 7. The molecule has 4 aromatic rings. The van der Waals surface area contributed by atoms with E-state index in [1.165, 1.54) is 17.7 Å². The topological polar surface area (TPSA) is 80.1 Å². The molecular formula is C21H16Cl2N6OS. The van der Waals surface area contributed by atoms with Crippen LogP contribution in [0.2, 0.25) is 10.0 Å². The van der Waals surface area contributed by atoms with Gasteiger partial charge in [-0.3, -0.25) is 0 Å². The monoisotopic (exact) mass is 470 g/mol. The van der Waals surface area contributed by atoms with Crippen molar-refractivity contribution in [3.05, 3.63) is 64.3 Å². The van der Waals surface area contributed by atoms with Gasteiger partial charge in [-0.05, 0) is 35.4 Å². The second-order valence-electron chi connectivity index (χ2n) is 6.41. The van der Waals surface area contributed by atoms with E-state index in [1.54, 1.807) is 25.4 Å². The molecule has 10 heteroatoms. The molecule has 156 valence electrons. The number of benzene rings is 1. The third-order valence-electron chi connectivity index (χ3n) is 4.46. The third kappa shape index (κ3) is 4.40. The average molecular weight is 471 g/mol. The Morgan fingerprint density at radius 2 is 2.10 bits per heavy atom. The molecule has 0 bridgehead atoms. The Morgan fingerprint density at radius 3 is 2.81 bits per heavy atom. The second-order valence-corrected chi connectivity index (χ2v) is 8.27. The first-order valence-corrected chi connectivity index (χ1v) is 10.7. The maximum Gasteiger partial charge on any atom is 0.213 e. The van der Waals surface area contributed by atoms with Gasteiger partial charge in [-0.25, -0.2) is 9.83 Å². The predicted octanol–water partition coefficient (Wildman–Crippen LogP) is 6.18. The molecule has 0 aliphatic carbocycles. The van der Waals surface area contributed by atoms with Gasteiger partial charge in [-0.1, -0.05) is 29.3 Å². The van der Waals surface area contributed by atoms with Crippen molar-refractivity contribution in [3.63, 3.8) is 0 Å². The molecule has 0 fully saturated rings. The summed E-state index contributed by atoms with van der Waals surface area (Å²) < 4.78 is 5.08. The van der Waals surface area contributed by atoms with E-state index in [-0.39, 0.29) is 0 Å². The Morgan fingerprint density at radius 1 is 1.23 bits per heavy atom. The van der Waals surface area contributed by atoms with Crippen LogP contribution >= 0.6 is 34.5 Å². The van der Waals surface area contributed by atoms with Crippen LogP contribution in [0.5, 0.6) is 0 Å². The fraction of sp³-hybridized carbons (Fsp3) is 0.143. The van der Waals surface area contributed by atoms with Crippen molar-refractivity contribution in [2.24, 2.45) is 0 Å². The molecule has 0 aliphatic heterocycles. The molecule has 3 heterocycles. The number of aromatic nitrogens is 4. The number of H-pyrrole nitrogens is 1. The van der Waals surface area contributed by atoms with Crippen LogP contribution in [0.1, 0.15) is 0 Å². The van der Waals surface area contributed by atoms with E-state index in [1.807, 2.05) is 18.2 Å². The highest BCUT2D eigenvalue weighted by Gasteiger charge is 2.25. The molecule has 0 aliphatic rings. The summed E-state index contributed by atoms with van der Waals surface area (Å²) in [6, 6.07) is 9.02. The molecular weight excluding hydrogens is 455 g/mol. The summed E-state index contributed by atoms with van der Waals surface area (Å²) in [6.45, 7) is 9.12. The highest BCUT2D eigenvalue weighted by atomic mass is 35.5. The summed E-state index contributed by atoms with van der Waals surface area (Å²) in [5.74, 6) is 1.26. The van der Waals surface area contributed by atoms with Crippen LogP contribution in [0, 0.1) is 6.57 Å². The lowest BCUT2D eigenvalue weighted by atomic mass is 10.0. The van der Waals surface area contributed by atoms with Crippen LogP contribution in [0.15, 0.2) is 42.9 Å². The number of thiophene rings is 1. The fourth-order valence-electron chi connectivity index (χ4n) is 3.10. The first-order chi connectivity index (χ1) is 15.1. The smallest absolute Gasteiger partial charge is 0.213 e. The number of pyridine rings is 1. The SMILES string of the molecule is [C-]#[N+]c1c(-c2ccnc(NCCOC)c2)sc(-c2nnc[nH]2)c1-c1ccc(Cl)cc1Cl. The molecule has 4 rings (SSSR count). The molecule has 31 heavy (non-hydrogen) atoms. The van der Waals surface area contributed by atoms with Crippen molar-refractivity contribution < 1.29 is 4.74 Å². The van der Waals surface area contributed by atoms with E-state index in [0.29, 0.717) is 51.7 Å². The Balaban J connectivity index is 1.89. The Hall–Kier alpha value is -2.96. The summed E-state index contributed by atoms with van der Waals surface area (Å²) in [4.78, 5) is 12.8. The van der Waals surface area contributed by atoms with Gasteiger partial charge in [-0.15, -0.1) is 21.5 Å². The van der Waals surface area contributed by atoms with E-state index in [0.717, 1.165) is 15.3 Å². The molecule has 0 atom stereocenters. The zero-order chi connectivity index (χ0) is 21.8. The first-order valence-electron chi connectivity index (χ1n) is 9.17. The van der Waals surface area contributed by atoms with Gasteiger partial charge < -0.3 is 15.0 Å². The van der Waals surface area contributed by atoms with Gasteiger partial charge in [0.2, 0.25) is 5.69 Å². The molecule has 7 nitrogen and oxygen atoms in total.